The fraction of sp³-hybridized carbons (Fsp3) is 0.438. The SMILES string of the molecule is CCOC(=O)c1nc(C(CC)(CC)c2ccccc2)no1. The molecule has 0 aliphatic rings. The van der Waals surface area contributed by atoms with Crippen molar-refractivity contribution in [3.8, 4) is 0 Å². The predicted molar refractivity (Wildman–Crippen MR) is 78.1 cm³/mol. The molecule has 0 fully saturated rings. The Morgan fingerprint density at radius 1 is 1.19 bits per heavy atom. The van der Waals surface area contributed by atoms with Crippen molar-refractivity contribution in [3.05, 3.63) is 47.6 Å². The van der Waals surface area contributed by atoms with Crippen molar-refractivity contribution in [2.45, 2.75) is 39.0 Å². The van der Waals surface area contributed by atoms with E-state index in [1.807, 2.05) is 30.3 Å². The van der Waals surface area contributed by atoms with E-state index in [0.717, 1.165) is 18.4 Å². The second-order valence-electron chi connectivity index (χ2n) is 4.80. The van der Waals surface area contributed by atoms with Crippen LogP contribution < -0.4 is 0 Å². The van der Waals surface area contributed by atoms with Crippen molar-refractivity contribution in [1.82, 2.24) is 10.1 Å². The zero-order valence-corrected chi connectivity index (χ0v) is 12.6. The first-order valence-corrected chi connectivity index (χ1v) is 7.24. The fourth-order valence-electron chi connectivity index (χ4n) is 2.55. The summed E-state index contributed by atoms with van der Waals surface area (Å²) in [6.07, 6.45) is 1.63. The van der Waals surface area contributed by atoms with Crippen molar-refractivity contribution < 1.29 is 14.1 Å². The molecule has 5 heteroatoms. The molecule has 1 aromatic carbocycles. The summed E-state index contributed by atoms with van der Waals surface area (Å²) in [5, 5.41) is 4.02. The van der Waals surface area contributed by atoms with Gasteiger partial charge < -0.3 is 9.26 Å². The summed E-state index contributed by atoms with van der Waals surface area (Å²) in [7, 11) is 0. The molecule has 0 saturated heterocycles. The molecule has 1 aromatic heterocycles. The molecule has 2 aromatic rings. The number of nitrogens with zero attached hydrogens (tertiary/aromatic N) is 2. The summed E-state index contributed by atoms with van der Waals surface area (Å²) in [6.45, 7) is 6.18. The molecule has 0 N–H and O–H groups in total. The molecule has 0 aliphatic heterocycles. The number of carbonyl (C=O) groups excluding carboxylic acids is 1. The molecule has 0 spiro atoms. The molecule has 2 rings (SSSR count). The van der Waals surface area contributed by atoms with Gasteiger partial charge in [-0.15, -0.1) is 0 Å². The lowest BCUT2D eigenvalue weighted by Gasteiger charge is -2.28. The molecule has 0 amide bonds. The van der Waals surface area contributed by atoms with Crippen molar-refractivity contribution in [1.29, 1.82) is 0 Å². The Balaban J connectivity index is 2.42. The summed E-state index contributed by atoms with van der Waals surface area (Å²) in [4.78, 5) is 15.9. The minimum atomic E-state index is -0.578. The zero-order valence-electron chi connectivity index (χ0n) is 12.6. The van der Waals surface area contributed by atoms with Gasteiger partial charge in [-0.05, 0) is 25.3 Å². The highest BCUT2D eigenvalue weighted by molar-refractivity contribution is 5.84. The van der Waals surface area contributed by atoms with Crippen LogP contribution in [0.15, 0.2) is 34.9 Å². The van der Waals surface area contributed by atoms with Crippen LogP contribution in [0.25, 0.3) is 0 Å². The number of carbonyl (C=O) groups is 1. The molecule has 112 valence electrons. The maximum Gasteiger partial charge on any atom is 0.397 e. The molecule has 0 radical (unpaired) electrons. The molecule has 0 atom stereocenters. The van der Waals surface area contributed by atoms with Crippen molar-refractivity contribution in [2.75, 3.05) is 6.61 Å². The largest absolute Gasteiger partial charge is 0.459 e. The maximum atomic E-state index is 11.7. The average molecular weight is 288 g/mol. The average Bonchev–Trinajstić information content (AvgIpc) is 3.01. The smallest absolute Gasteiger partial charge is 0.397 e. The van der Waals surface area contributed by atoms with Crippen LogP contribution in [0, 0.1) is 0 Å². The number of esters is 1. The van der Waals surface area contributed by atoms with Crippen LogP contribution in [0.5, 0.6) is 0 Å². The van der Waals surface area contributed by atoms with Crippen LogP contribution >= 0.6 is 0 Å². The number of benzene rings is 1. The number of hydrogen-bond acceptors (Lipinski definition) is 5. The van der Waals surface area contributed by atoms with Gasteiger partial charge in [0.15, 0.2) is 5.82 Å². The van der Waals surface area contributed by atoms with Crippen LogP contribution in [-0.4, -0.2) is 22.7 Å². The van der Waals surface area contributed by atoms with Crippen LogP contribution in [0.3, 0.4) is 0 Å². The molecule has 0 aliphatic carbocycles. The van der Waals surface area contributed by atoms with Gasteiger partial charge in [0.05, 0.1) is 12.0 Å². The first-order valence-electron chi connectivity index (χ1n) is 7.24. The Labute approximate surface area is 124 Å². The normalized spacial score (nSPS) is 11.4. The Morgan fingerprint density at radius 3 is 2.43 bits per heavy atom. The quantitative estimate of drug-likeness (QED) is 0.763. The molecular formula is C16H20N2O3. The summed E-state index contributed by atoms with van der Waals surface area (Å²) in [5.74, 6) is -0.138. The van der Waals surface area contributed by atoms with E-state index in [4.69, 9.17) is 9.26 Å². The van der Waals surface area contributed by atoms with Gasteiger partial charge in [0.2, 0.25) is 0 Å². The van der Waals surface area contributed by atoms with E-state index in [2.05, 4.69) is 24.0 Å². The second kappa shape index (κ2) is 6.52. The van der Waals surface area contributed by atoms with Crippen LogP contribution in [-0.2, 0) is 10.2 Å². The summed E-state index contributed by atoms with van der Waals surface area (Å²) in [6, 6.07) is 10.0. The third-order valence-electron chi connectivity index (χ3n) is 3.84. The summed E-state index contributed by atoms with van der Waals surface area (Å²) in [5.41, 5.74) is 0.765. The van der Waals surface area contributed by atoms with E-state index >= 15 is 0 Å². The van der Waals surface area contributed by atoms with Crippen molar-refractivity contribution >= 4 is 5.97 Å². The second-order valence-corrected chi connectivity index (χ2v) is 4.80. The topological polar surface area (TPSA) is 65.2 Å². The van der Waals surface area contributed by atoms with E-state index in [9.17, 15) is 4.79 Å². The highest BCUT2D eigenvalue weighted by atomic mass is 16.6. The maximum absolute atomic E-state index is 11.7. The number of rotatable bonds is 6. The monoisotopic (exact) mass is 288 g/mol. The van der Waals surface area contributed by atoms with Crippen molar-refractivity contribution in [3.63, 3.8) is 0 Å². The first kappa shape index (κ1) is 15.2. The van der Waals surface area contributed by atoms with Gasteiger partial charge in [-0.2, -0.15) is 4.98 Å². The highest BCUT2D eigenvalue weighted by Crippen LogP contribution is 2.36. The molecule has 0 saturated carbocycles. The standard InChI is InChI=1S/C16H20N2O3/c1-4-16(5-2,12-10-8-7-9-11-12)15-17-13(21-18-15)14(19)20-6-3/h7-11H,4-6H2,1-3H3. The predicted octanol–water partition coefficient (Wildman–Crippen LogP) is 3.35. The van der Waals surface area contributed by atoms with E-state index in [1.54, 1.807) is 6.92 Å². The zero-order chi connectivity index (χ0) is 15.3. The molecule has 0 bridgehead atoms. The highest BCUT2D eigenvalue weighted by Gasteiger charge is 2.36. The minimum absolute atomic E-state index is 0.0888. The van der Waals surface area contributed by atoms with Gasteiger partial charge in [0.1, 0.15) is 0 Å². The Hall–Kier alpha value is -2.17. The van der Waals surface area contributed by atoms with Crippen LogP contribution in [0.2, 0.25) is 0 Å². The van der Waals surface area contributed by atoms with Crippen LogP contribution in [0.4, 0.5) is 0 Å². The summed E-state index contributed by atoms with van der Waals surface area (Å²) < 4.78 is 9.97. The summed E-state index contributed by atoms with van der Waals surface area (Å²) >= 11 is 0. The third-order valence-corrected chi connectivity index (χ3v) is 3.84. The van der Waals surface area contributed by atoms with Gasteiger partial charge in [-0.25, -0.2) is 4.79 Å². The van der Waals surface area contributed by atoms with E-state index < -0.39 is 5.97 Å². The third kappa shape index (κ3) is 2.82. The lowest BCUT2D eigenvalue weighted by molar-refractivity contribution is 0.0470. The fourth-order valence-corrected chi connectivity index (χ4v) is 2.55. The Bertz CT molecular complexity index is 589. The molecule has 1 heterocycles. The molecule has 5 nitrogen and oxygen atoms in total. The van der Waals surface area contributed by atoms with Gasteiger partial charge >= 0.3 is 11.9 Å². The number of aromatic nitrogens is 2. The van der Waals surface area contributed by atoms with Gasteiger partial charge in [-0.3, -0.25) is 0 Å². The number of hydrogen-bond donors (Lipinski definition) is 0. The van der Waals surface area contributed by atoms with Crippen molar-refractivity contribution in [2.24, 2.45) is 0 Å². The van der Waals surface area contributed by atoms with Gasteiger partial charge in [0.25, 0.3) is 0 Å². The lowest BCUT2D eigenvalue weighted by atomic mass is 9.75. The minimum Gasteiger partial charge on any atom is -0.459 e. The number of ether oxygens (including phenoxy) is 1. The van der Waals surface area contributed by atoms with Gasteiger partial charge in [0, 0.05) is 0 Å². The Kier molecular flexibility index (Phi) is 4.73. The van der Waals surface area contributed by atoms with Gasteiger partial charge in [-0.1, -0.05) is 49.3 Å². The molecule has 0 unspecified atom stereocenters. The molecular weight excluding hydrogens is 268 g/mol. The molecule has 21 heavy (non-hydrogen) atoms. The Morgan fingerprint density at radius 2 is 1.86 bits per heavy atom. The van der Waals surface area contributed by atoms with E-state index in [0.29, 0.717) is 5.82 Å². The van der Waals surface area contributed by atoms with Crippen LogP contribution in [0.1, 0.15) is 55.7 Å². The lowest BCUT2D eigenvalue weighted by Crippen LogP contribution is -2.27. The first-order chi connectivity index (χ1) is 10.2. The van der Waals surface area contributed by atoms with E-state index in [-0.39, 0.29) is 17.9 Å². The van der Waals surface area contributed by atoms with E-state index in [1.165, 1.54) is 0 Å².